The molecular formula is C17H21N3O. The molecule has 0 aliphatic rings. The molecule has 2 rings (SSSR count). The highest BCUT2D eigenvalue weighted by atomic mass is 16.2. The van der Waals surface area contributed by atoms with Crippen molar-refractivity contribution >= 4 is 17.3 Å². The molecule has 4 heteroatoms. The average molecular weight is 283 g/mol. The molecule has 0 atom stereocenters. The van der Waals surface area contributed by atoms with Gasteiger partial charge in [0.25, 0.3) is 5.91 Å². The van der Waals surface area contributed by atoms with Crippen LogP contribution in [-0.2, 0) is 0 Å². The molecule has 0 unspecified atom stereocenters. The number of benzene rings is 1. The molecule has 0 saturated carbocycles. The lowest BCUT2D eigenvalue weighted by atomic mass is 10.2. The number of rotatable bonds is 6. The minimum absolute atomic E-state index is 0.0780. The molecule has 4 nitrogen and oxygen atoms in total. The molecule has 0 aliphatic heterocycles. The maximum atomic E-state index is 12.5. The second-order valence-electron chi connectivity index (χ2n) is 4.74. The van der Waals surface area contributed by atoms with Crippen LogP contribution in [-0.4, -0.2) is 24.0 Å². The van der Waals surface area contributed by atoms with Crippen molar-refractivity contribution in [2.45, 2.75) is 20.3 Å². The first kappa shape index (κ1) is 15.0. The monoisotopic (exact) mass is 283 g/mol. The molecule has 0 spiro atoms. The summed E-state index contributed by atoms with van der Waals surface area (Å²) in [6.07, 6.45) is 2.76. The number of hydrogen-bond acceptors (Lipinski definition) is 3. The Morgan fingerprint density at radius 3 is 2.48 bits per heavy atom. The fraction of sp³-hybridized carbons (Fsp3) is 0.294. The Labute approximate surface area is 125 Å². The van der Waals surface area contributed by atoms with E-state index in [0.29, 0.717) is 12.2 Å². The maximum absolute atomic E-state index is 12.5. The summed E-state index contributed by atoms with van der Waals surface area (Å²) >= 11 is 0. The summed E-state index contributed by atoms with van der Waals surface area (Å²) in [5.74, 6) is -0.0780. The van der Waals surface area contributed by atoms with E-state index in [2.05, 4.69) is 17.2 Å². The van der Waals surface area contributed by atoms with Gasteiger partial charge in [-0.3, -0.25) is 4.79 Å². The van der Waals surface area contributed by atoms with Gasteiger partial charge >= 0.3 is 0 Å². The molecule has 2 aromatic rings. The van der Waals surface area contributed by atoms with Gasteiger partial charge < -0.3 is 10.2 Å². The van der Waals surface area contributed by atoms with Crippen molar-refractivity contribution in [2.75, 3.05) is 23.3 Å². The minimum Gasteiger partial charge on any atom is -0.384 e. The number of anilines is 2. The van der Waals surface area contributed by atoms with Crippen molar-refractivity contribution in [2.24, 2.45) is 0 Å². The number of pyridine rings is 1. The minimum atomic E-state index is -0.0780. The van der Waals surface area contributed by atoms with Crippen LogP contribution in [0.3, 0.4) is 0 Å². The Morgan fingerprint density at radius 2 is 1.90 bits per heavy atom. The van der Waals surface area contributed by atoms with E-state index < -0.39 is 0 Å². The Morgan fingerprint density at radius 1 is 1.14 bits per heavy atom. The third kappa shape index (κ3) is 3.81. The summed E-state index contributed by atoms with van der Waals surface area (Å²) < 4.78 is 0. The van der Waals surface area contributed by atoms with Gasteiger partial charge in [-0.1, -0.05) is 25.1 Å². The number of amides is 1. The number of nitrogens with one attached hydrogen (secondary N) is 1. The Balaban J connectivity index is 2.14. The van der Waals surface area contributed by atoms with E-state index in [9.17, 15) is 4.79 Å². The molecule has 1 amide bonds. The Kier molecular flexibility index (Phi) is 5.32. The quantitative estimate of drug-likeness (QED) is 0.881. The summed E-state index contributed by atoms with van der Waals surface area (Å²) in [4.78, 5) is 18.5. The topological polar surface area (TPSA) is 45.2 Å². The first-order valence-corrected chi connectivity index (χ1v) is 7.33. The van der Waals surface area contributed by atoms with Gasteiger partial charge in [0.15, 0.2) is 0 Å². The van der Waals surface area contributed by atoms with E-state index in [1.165, 1.54) is 0 Å². The van der Waals surface area contributed by atoms with E-state index in [1.807, 2.05) is 43.3 Å². The molecule has 0 aliphatic carbocycles. The summed E-state index contributed by atoms with van der Waals surface area (Å²) in [5.41, 5.74) is 2.29. The maximum Gasteiger partial charge on any atom is 0.276 e. The van der Waals surface area contributed by atoms with E-state index >= 15 is 0 Å². The van der Waals surface area contributed by atoms with Crippen LogP contribution in [0.2, 0.25) is 0 Å². The summed E-state index contributed by atoms with van der Waals surface area (Å²) in [5, 5.41) is 3.25. The van der Waals surface area contributed by atoms with E-state index in [4.69, 9.17) is 0 Å². The van der Waals surface area contributed by atoms with Crippen LogP contribution in [0, 0.1) is 0 Å². The molecule has 1 aromatic carbocycles. The van der Waals surface area contributed by atoms with Crippen LogP contribution in [0.25, 0.3) is 0 Å². The zero-order valence-corrected chi connectivity index (χ0v) is 12.5. The lowest BCUT2D eigenvalue weighted by molar-refractivity contribution is 0.0983. The molecule has 0 radical (unpaired) electrons. The molecule has 110 valence electrons. The highest BCUT2D eigenvalue weighted by molar-refractivity contribution is 6.04. The molecule has 1 N–H and O–H groups in total. The van der Waals surface area contributed by atoms with E-state index in [-0.39, 0.29) is 5.91 Å². The molecule has 1 heterocycles. The van der Waals surface area contributed by atoms with Crippen molar-refractivity contribution in [3.05, 3.63) is 54.4 Å². The fourth-order valence-corrected chi connectivity index (χ4v) is 2.08. The first-order chi connectivity index (χ1) is 10.3. The van der Waals surface area contributed by atoms with E-state index in [1.54, 1.807) is 17.2 Å². The molecular weight excluding hydrogens is 262 g/mol. The predicted octanol–water partition coefficient (Wildman–Crippen LogP) is 3.57. The molecule has 0 saturated heterocycles. The van der Waals surface area contributed by atoms with Gasteiger partial charge in [-0.2, -0.15) is 0 Å². The fourth-order valence-electron chi connectivity index (χ4n) is 2.08. The molecule has 1 aromatic heterocycles. The summed E-state index contributed by atoms with van der Waals surface area (Å²) in [6, 6.07) is 13.3. The zero-order valence-electron chi connectivity index (χ0n) is 12.5. The number of hydrogen-bond donors (Lipinski definition) is 1. The third-order valence-corrected chi connectivity index (χ3v) is 3.19. The van der Waals surface area contributed by atoms with Crippen molar-refractivity contribution < 1.29 is 4.79 Å². The van der Waals surface area contributed by atoms with Crippen molar-refractivity contribution in [1.82, 2.24) is 4.98 Å². The zero-order chi connectivity index (χ0) is 15.1. The lowest BCUT2D eigenvalue weighted by Gasteiger charge is -2.20. The van der Waals surface area contributed by atoms with Gasteiger partial charge in [0.05, 0.1) is 11.9 Å². The third-order valence-electron chi connectivity index (χ3n) is 3.19. The predicted molar refractivity (Wildman–Crippen MR) is 86.8 cm³/mol. The van der Waals surface area contributed by atoms with E-state index in [0.717, 1.165) is 24.3 Å². The van der Waals surface area contributed by atoms with Gasteiger partial charge in [-0.25, -0.2) is 4.98 Å². The standard InChI is InChI=1S/C17H21N3O/c1-3-12-18-14-10-11-16(19-13-14)17(21)20(4-2)15-8-6-5-7-9-15/h5-11,13,18H,3-4,12H2,1-2H3. The Hall–Kier alpha value is -2.36. The average Bonchev–Trinajstić information content (AvgIpc) is 2.55. The molecule has 0 fully saturated rings. The lowest BCUT2D eigenvalue weighted by Crippen LogP contribution is -2.31. The van der Waals surface area contributed by atoms with Crippen LogP contribution in [0.15, 0.2) is 48.7 Å². The van der Waals surface area contributed by atoms with Crippen LogP contribution >= 0.6 is 0 Å². The summed E-state index contributed by atoms with van der Waals surface area (Å²) in [6.45, 7) is 5.58. The van der Waals surface area contributed by atoms with Crippen molar-refractivity contribution in [3.63, 3.8) is 0 Å². The van der Waals surface area contributed by atoms with Crippen LogP contribution in [0.5, 0.6) is 0 Å². The number of nitrogens with zero attached hydrogens (tertiary/aromatic N) is 2. The van der Waals surface area contributed by atoms with Crippen molar-refractivity contribution in [3.8, 4) is 0 Å². The second-order valence-corrected chi connectivity index (χ2v) is 4.74. The van der Waals surface area contributed by atoms with Crippen LogP contribution in [0.4, 0.5) is 11.4 Å². The van der Waals surface area contributed by atoms with Crippen LogP contribution in [0.1, 0.15) is 30.8 Å². The number of carbonyl (C=O) groups is 1. The van der Waals surface area contributed by atoms with Crippen LogP contribution < -0.4 is 10.2 Å². The molecule has 0 bridgehead atoms. The highest BCUT2D eigenvalue weighted by Gasteiger charge is 2.16. The molecule has 21 heavy (non-hydrogen) atoms. The van der Waals surface area contributed by atoms with Gasteiger partial charge in [0.2, 0.25) is 0 Å². The smallest absolute Gasteiger partial charge is 0.276 e. The summed E-state index contributed by atoms with van der Waals surface area (Å²) in [7, 11) is 0. The first-order valence-electron chi connectivity index (χ1n) is 7.33. The van der Waals surface area contributed by atoms with Gasteiger partial charge in [0.1, 0.15) is 5.69 Å². The normalized spacial score (nSPS) is 10.2. The number of carbonyl (C=O) groups excluding carboxylic acids is 1. The number of para-hydroxylation sites is 1. The highest BCUT2D eigenvalue weighted by Crippen LogP contribution is 2.16. The Bertz CT molecular complexity index is 566. The van der Waals surface area contributed by atoms with Crippen molar-refractivity contribution in [1.29, 1.82) is 0 Å². The number of aromatic nitrogens is 1. The van der Waals surface area contributed by atoms with Gasteiger partial charge in [-0.15, -0.1) is 0 Å². The largest absolute Gasteiger partial charge is 0.384 e. The SMILES string of the molecule is CCCNc1ccc(C(=O)N(CC)c2ccccc2)nc1. The van der Waals surface area contributed by atoms with Gasteiger partial charge in [-0.05, 0) is 37.6 Å². The second kappa shape index (κ2) is 7.43. The van der Waals surface area contributed by atoms with Gasteiger partial charge in [0, 0.05) is 18.8 Å².